The van der Waals surface area contributed by atoms with E-state index in [4.69, 9.17) is 20.3 Å². The molecular weight excluding hydrogens is 779 g/mol. The zero-order chi connectivity index (χ0) is 45.8. The lowest BCUT2D eigenvalue weighted by atomic mass is 9.87. The van der Waals surface area contributed by atoms with E-state index in [1.165, 1.54) is 0 Å². The van der Waals surface area contributed by atoms with Gasteiger partial charge in [0.15, 0.2) is 0 Å². The highest BCUT2D eigenvalue weighted by Gasteiger charge is 2.58. The second-order valence-corrected chi connectivity index (χ2v) is 18.5. The maximum atomic E-state index is 14.4. The molecule has 1 unspecified atom stereocenters. The zero-order valence-electron chi connectivity index (χ0n) is 38.9. The molecule has 0 radical (unpaired) electrons. The molecule has 1 aromatic rings. The highest BCUT2D eigenvalue weighted by molar-refractivity contribution is 5.90. The van der Waals surface area contributed by atoms with Gasteiger partial charge in [-0.15, -0.1) is 0 Å². The van der Waals surface area contributed by atoms with E-state index in [1.54, 1.807) is 33.2 Å². The standard InChI is InChI=1S/C47H77N5O9/c1-12-31(6)42(51(9)45(58)40(29(2)3)49-44(57)41(30(4)5)50(8)25-18-23-39(55)56)37(60-10)27-38(54)52-26-17-21-35(52)43(61-11)32(7)36(53)22-16-24-47(46(48)59)28-34(47)33-19-14-13-15-20-33/h13-15,19-20,29-32,34-35,37,40-43H,12,16-18,21-28H2,1-11H3,(H2,48,59)(H,49,57)(H,55,56)/t31-,32-,34+,35-,37+,40-,41-,42?,43+,47+/m0/s1. The monoisotopic (exact) mass is 856 g/mol. The lowest BCUT2D eigenvalue weighted by Gasteiger charge is -2.41. The first-order valence-corrected chi connectivity index (χ1v) is 22.5. The van der Waals surface area contributed by atoms with Crippen molar-refractivity contribution in [2.45, 2.75) is 155 Å². The van der Waals surface area contributed by atoms with Crippen molar-refractivity contribution in [3.63, 3.8) is 0 Å². The lowest BCUT2D eigenvalue weighted by Crippen LogP contribution is -2.60. The molecule has 2 aliphatic rings. The molecule has 2 fully saturated rings. The number of hydrogen-bond donors (Lipinski definition) is 3. The van der Waals surface area contributed by atoms with Crippen LogP contribution in [0.25, 0.3) is 0 Å². The summed E-state index contributed by atoms with van der Waals surface area (Å²) in [4.78, 5) is 85.3. The van der Waals surface area contributed by atoms with Crippen molar-refractivity contribution >= 4 is 35.4 Å². The number of aliphatic carboxylic acids is 1. The van der Waals surface area contributed by atoms with E-state index in [0.29, 0.717) is 51.6 Å². The summed E-state index contributed by atoms with van der Waals surface area (Å²) >= 11 is 0. The first-order valence-electron chi connectivity index (χ1n) is 22.5. The number of carboxylic acid groups (broad SMARTS) is 1. The third-order valence-electron chi connectivity index (χ3n) is 13.7. The number of likely N-dealkylation sites (N-methyl/N-ethyl adjacent to an activating group) is 2. The molecule has 0 bridgehead atoms. The van der Waals surface area contributed by atoms with Crippen LogP contribution in [0.2, 0.25) is 0 Å². The number of amides is 4. The minimum Gasteiger partial charge on any atom is -0.481 e. The fraction of sp³-hybridized carbons (Fsp3) is 0.745. The van der Waals surface area contributed by atoms with Crippen molar-refractivity contribution < 1.29 is 43.3 Å². The normalized spacial score (nSPS) is 22.3. The molecule has 4 amide bonds. The van der Waals surface area contributed by atoms with Crippen molar-refractivity contribution in [3.8, 4) is 0 Å². The van der Waals surface area contributed by atoms with E-state index in [0.717, 1.165) is 12.0 Å². The minimum atomic E-state index is -0.893. The third kappa shape index (κ3) is 13.1. The number of hydrogen-bond acceptors (Lipinski definition) is 9. The number of nitrogens with two attached hydrogens (primary N) is 1. The van der Waals surface area contributed by atoms with Gasteiger partial charge in [-0.2, -0.15) is 0 Å². The van der Waals surface area contributed by atoms with Crippen LogP contribution >= 0.6 is 0 Å². The Bertz CT molecular complexity index is 1620. The minimum absolute atomic E-state index is 0.00317. The van der Waals surface area contributed by atoms with Gasteiger partial charge in [0.05, 0.1) is 42.2 Å². The van der Waals surface area contributed by atoms with Crippen molar-refractivity contribution in [1.29, 1.82) is 0 Å². The summed E-state index contributed by atoms with van der Waals surface area (Å²) in [6, 6.07) is 7.63. The number of methoxy groups -OCH3 is 2. The second-order valence-electron chi connectivity index (χ2n) is 18.5. The summed E-state index contributed by atoms with van der Waals surface area (Å²) in [5.41, 5.74) is 6.36. The van der Waals surface area contributed by atoms with Crippen LogP contribution in [-0.2, 0) is 38.2 Å². The Hall–Kier alpha value is -3.88. The molecule has 1 aliphatic carbocycles. The predicted octanol–water partition coefficient (Wildman–Crippen LogP) is 5.27. The number of ether oxygens (including phenoxy) is 2. The summed E-state index contributed by atoms with van der Waals surface area (Å²) < 4.78 is 12.1. The van der Waals surface area contributed by atoms with Crippen molar-refractivity contribution in [1.82, 2.24) is 20.0 Å². The number of Topliss-reactive ketones (excluding diaryl/α,β-unsaturated/α-hetero) is 1. The number of carboxylic acids is 1. The van der Waals surface area contributed by atoms with Gasteiger partial charge in [-0.25, -0.2) is 0 Å². The van der Waals surface area contributed by atoms with Gasteiger partial charge in [-0.1, -0.05) is 85.2 Å². The van der Waals surface area contributed by atoms with E-state index in [-0.39, 0.29) is 78.4 Å². The zero-order valence-corrected chi connectivity index (χ0v) is 38.9. The molecule has 0 spiro atoms. The maximum Gasteiger partial charge on any atom is 0.303 e. The summed E-state index contributed by atoms with van der Waals surface area (Å²) in [6.07, 6.45) is 3.37. The average Bonchev–Trinajstić information content (AvgIpc) is 3.76. The smallest absolute Gasteiger partial charge is 0.303 e. The molecule has 1 saturated carbocycles. The van der Waals surface area contributed by atoms with Crippen molar-refractivity contribution in [2.75, 3.05) is 41.4 Å². The molecule has 344 valence electrons. The van der Waals surface area contributed by atoms with Crippen LogP contribution in [0.5, 0.6) is 0 Å². The van der Waals surface area contributed by atoms with Crippen LogP contribution in [-0.4, -0.2) is 133 Å². The van der Waals surface area contributed by atoms with Crippen LogP contribution in [0.3, 0.4) is 0 Å². The number of carbonyl (C=O) groups excluding carboxylic acids is 5. The number of primary amides is 1. The van der Waals surface area contributed by atoms with Crippen LogP contribution < -0.4 is 11.1 Å². The van der Waals surface area contributed by atoms with E-state index in [1.807, 2.05) is 88.6 Å². The number of rotatable bonds is 27. The summed E-state index contributed by atoms with van der Waals surface area (Å²) in [5, 5.41) is 12.1. The van der Waals surface area contributed by atoms with Gasteiger partial charge in [0.25, 0.3) is 0 Å². The summed E-state index contributed by atoms with van der Waals surface area (Å²) in [7, 11) is 6.63. The molecule has 0 aromatic heterocycles. The van der Waals surface area contributed by atoms with E-state index in [2.05, 4.69) is 5.32 Å². The SMILES string of the molecule is CC[C@H](C)C([C@@H](CC(=O)N1CCC[C@H]1[C@H](OC)[C@@H](C)C(=O)CCC[C@@]1(C(N)=O)C[C@@H]1c1ccccc1)OC)N(C)C(=O)[C@@H](NC(=O)[C@H](C(C)C)N(C)CCCC(=O)O)C(C)C. The van der Waals surface area contributed by atoms with Crippen LogP contribution in [0.4, 0.5) is 0 Å². The van der Waals surface area contributed by atoms with Crippen LogP contribution in [0.1, 0.15) is 124 Å². The second kappa shape index (κ2) is 23.5. The van der Waals surface area contributed by atoms with E-state index < -0.39 is 47.6 Å². The predicted molar refractivity (Wildman–Crippen MR) is 235 cm³/mol. The van der Waals surface area contributed by atoms with Gasteiger partial charge in [0, 0.05) is 46.6 Å². The molecule has 1 heterocycles. The molecule has 14 heteroatoms. The molecule has 4 N–H and O–H groups in total. The van der Waals surface area contributed by atoms with Crippen LogP contribution in [0, 0.1) is 29.1 Å². The van der Waals surface area contributed by atoms with E-state index in [9.17, 15) is 28.8 Å². The fourth-order valence-corrected chi connectivity index (χ4v) is 9.85. The quantitative estimate of drug-likeness (QED) is 0.105. The van der Waals surface area contributed by atoms with Crippen molar-refractivity contribution in [2.24, 2.45) is 34.8 Å². The Morgan fingerprint density at radius 2 is 1.61 bits per heavy atom. The highest BCUT2D eigenvalue weighted by atomic mass is 16.5. The number of carbonyl (C=O) groups is 6. The molecule has 14 nitrogen and oxygen atoms in total. The lowest BCUT2D eigenvalue weighted by molar-refractivity contribution is -0.148. The third-order valence-corrected chi connectivity index (χ3v) is 13.7. The van der Waals surface area contributed by atoms with Gasteiger partial charge < -0.3 is 35.4 Å². The first-order chi connectivity index (χ1) is 28.8. The topological polar surface area (TPSA) is 189 Å². The Morgan fingerprint density at radius 3 is 2.15 bits per heavy atom. The Kier molecular flexibility index (Phi) is 19.9. The molecule has 61 heavy (non-hydrogen) atoms. The molecule has 1 saturated heterocycles. The van der Waals surface area contributed by atoms with Gasteiger partial charge in [-0.3, -0.25) is 33.7 Å². The number of nitrogens with one attached hydrogen (secondary N) is 1. The van der Waals surface area contributed by atoms with Gasteiger partial charge in [-0.05, 0) is 81.4 Å². The molecule has 1 aliphatic heterocycles. The fourth-order valence-electron chi connectivity index (χ4n) is 9.85. The Labute approximate surface area is 365 Å². The molecule has 3 rings (SSSR count). The van der Waals surface area contributed by atoms with Crippen LogP contribution in [0.15, 0.2) is 30.3 Å². The number of likely N-dealkylation sites (tertiary alicyclic amines) is 1. The highest BCUT2D eigenvalue weighted by Crippen LogP contribution is 2.62. The largest absolute Gasteiger partial charge is 0.481 e. The number of nitrogens with zero attached hydrogens (tertiary/aromatic N) is 3. The number of benzene rings is 1. The van der Waals surface area contributed by atoms with Crippen molar-refractivity contribution in [3.05, 3.63) is 35.9 Å². The van der Waals surface area contributed by atoms with Gasteiger partial charge >= 0.3 is 5.97 Å². The first kappa shape index (κ1) is 51.5. The molecular formula is C47H77N5O9. The van der Waals surface area contributed by atoms with E-state index >= 15 is 0 Å². The maximum absolute atomic E-state index is 14.4. The Morgan fingerprint density at radius 1 is 0.951 bits per heavy atom. The molecule has 10 atom stereocenters. The summed E-state index contributed by atoms with van der Waals surface area (Å²) in [5.74, 6) is -2.78. The van der Waals surface area contributed by atoms with Gasteiger partial charge in [0.1, 0.15) is 11.8 Å². The average molecular weight is 856 g/mol. The number of ketones is 1. The van der Waals surface area contributed by atoms with Gasteiger partial charge in [0.2, 0.25) is 23.6 Å². The summed E-state index contributed by atoms with van der Waals surface area (Å²) in [6.45, 7) is 14.4. The Balaban J connectivity index is 1.71. The molecule has 1 aromatic carbocycles.